The van der Waals surface area contributed by atoms with E-state index in [9.17, 15) is 14.4 Å². The van der Waals surface area contributed by atoms with Crippen LogP contribution in [0.15, 0.2) is 57.8 Å². The van der Waals surface area contributed by atoms with E-state index in [0.717, 1.165) is 5.56 Å². The summed E-state index contributed by atoms with van der Waals surface area (Å²) in [4.78, 5) is 48.0. The summed E-state index contributed by atoms with van der Waals surface area (Å²) < 4.78 is 13.5. The Kier molecular flexibility index (Phi) is 9.16. The van der Waals surface area contributed by atoms with Crippen molar-refractivity contribution in [3.63, 3.8) is 0 Å². The summed E-state index contributed by atoms with van der Waals surface area (Å²) in [5.41, 5.74) is 1.38. The van der Waals surface area contributed by atoms with Crippen LogP contribution in [0.5, 0.6) is 0 Å². The van der Waals surface area contributed by atoms with E-state index in [1.807, 2.05) is 24.7 Å². The van der Waals surface area contributed by atoms with E-state index < -0.39 is 11.9 Å². The van der Waals surface area contributed by atoms with Gasteiger partial charge in [-0.05, 0) is 49.6 Å². The maximum Gasteiger partial charge on any atom is 0.341 e. The molecule has 0 aliphatic carbocycles. The van der Waals surface area contributed by atoms with E-state index in [0.29, 0.717) is 30.9 Å². The number of ether oxygens (including phenoxy) is 2. The van der Waals surface area contributed by atoms with Crippen molar-refractivity contribution in [2.75, 3.05) is 26.6 Å². The number of hydrogen-bond acceptors (Lipinski definition) is 7. The van der Waals surface area contributed by atoms with Gasteiger partial charge in [-0.15, -0.1) is 11.8 Å². The molecule has 35 heavy (non-hydrogen) atoms. The van der Waals surface area contributed by atoms with Crippen molar-refractivity contribution >= 4 is 40.3 Å². The molecule has 9 nitrogen and oxygen atoms in total. The minimum absolute atomic E-state index is 0.0182. The van der Waals surface area contributed by atoms with Crippen LogP contribution < -0.4 is 11.0 Å². The summed E-state index contributed by atoms with van der Waals surface area (Å²) in [6.45, 7) is 4.41. The number of thioether (sulfide) groups is 1. The van der Waals surface area contributed by atoms with Crippen LogP contribution in [0.1, 0.15) is 29.3 Å². The molecule has 0 aliphatic rings. The summed E-state index contributed by atoms with van der Waals surface area (Å²) in [6, 6.07) is 5.03. The van der Waals surface area contributed by atoms with Crippen molar-refractivity contribution in [2.45, 2.75) is 26.8 Å². The Bertz CT molecular complexity index is 1440. The van der Waals surface area contributed by atoms with E-state index >= 15 is 0 Å². The van der Waals surface area contributed by atoms with E-state index in [1.165, 1.54) is 28.3 Å². The molecule has 3 heterocycles. The molecule has 3 aromatic heterocycles. The molecule has 3 rings (SSSR count). The highest BCUT2D eigenvalue weighted by molar-refractivity contribution is 8.01. The first kappa shape index (κ1) is 26.1. The Balaban J connectivity index is 2.41. The highest BCUT2D eigenvalue weighted by Gasteiger charge is 2.20. The van der Waals surface area contributed by atoms with Gasteiger partial charge in [0.1, 0.15) is 16.9 Å². The van der Waals surface area contributed by atoms with Crippen LogP contribution in [0.4, 0.5) is 0 Å². The summed E-state index contributed by atoms with van der Waals surface area (Å²) >= 11 is 1.50. The number of fused-ring (bicyclic) bond motifs is 2. The molecule has 0 N–H and O–H groups in total. The lowest BCUT2D eigenvalue weighted by Gasteiger charge is -2.15. The molecule has 1 amide bonds. The Labute approximate surface area is 206 Å². The van der Waals surface area contributed by atoms with Gasteiger partial charge in [0.15, 0.2) is 5.49 Å². The van der Waals surface area contributed by atoms with E-state index in [1.54, 1.807) is 43.0 Å². The van der Waals surface area contributed by atoms with Gasteiger partial charge in [0.25, 0.3) is 11.5 Å². The molecule has 0 atom stereocenters. The van der Waals surface area contributed by atoms with Gasteiger partial charge in [-0.25, -0.2) is 9.78 Å². The van der Waals surface area contributed by atoms with Gasteiger partial charge in [-0.1, -0.05) is 18.2 Å². The van der Waals surface area contributed by atoms with E-state index in [-0.39, 0.29) is 28.6 Å². The summed E-state index contributed by atoms with van der Waals surface area (Å²) in [5.74, 6) is -1.24. The predicted molar refractivity (Wildman–Crippen MR) is 137 cm³/mol. The van der Waals surface area contributed by atoms with Crippen LogP contribution in [0, 0.1) is 6.92 Å². The first-order valence-corrected chi connectivity index (χ1v) is 12.4. The number of esters is 1. The maximum absolute atomic E-state index is 13.4. The van der Waals surface area contributed by atoms with E-state index in [4.69, 9.17) is 14.5 Å². The zero-order valence-electron chi connectivity index (χ0n) is 20.2. The second-order valence-electron chi connectivity index (χ2n) is 7.51. The predicted octanol–water partition coefficient (Wildman–Crippen LogP) is 3.03. The SMILES string of the molecule is CCOC(=O)c1cc2c(=O)n3cccc(C)c3nc2n(CCCOC)c1=NC(=O)C=CC=CSC. The summed E-state index contributed by atoms with van der Waals surface area (Å²) in [7, 11) is 1.58. The fraction of sp³-hybridized carbons (Fsp3) is 0.320. The summed E-state index contributed by atoms with van der Waals surface area (Å²) in [5, 5.41) is 2.04. The second-order valence-corrected chi connectivity index (χ2v) is 8.26. The molecule has 0 aliphatic heterocycles. The largest absolute Gasteiger partial charge is 0.462 e. The minimum Gasteiger partial charge on any atom is -0.462 e. The fourth-order valence-electron chi connectivity index (χ4n) is 3.55. The number of allylic oxidation sites excluding steroid dienone is 2. The van der Waals surface area contributed by atoms with Gasteiger partial charge in [0.05, 0.1) is 12.0 Å². The first-order valence-electron chi connectivity index (χ1n) is 11.1. The molecule has 0 unspecified atom stereocenters. The van der Waals surface area contributed by atoms with Crippen LogP contribution in [0.3, 0.4) is 0 Å². The molecule has 10 heteroatoms. The van der Waals surface area contributed by atoms with Crippen molar-refractivity contribution < 1.29 is 19.1 Å². The molecule has 0 aromatic carbocycles. The quantitative estimate of drug-likeness (QED) is 0.147. The van der Waals surface area contributed by atoms with Crippen LogP contribution >= 0.6 is 11.8 Å². The molecule has 0 bridgehead atoms. The van der Waals surface area contributed by atoms with Gasteiger partial charge < -0.3 is 14.0 Å². The number of nitrogens with zero attached hydrogens (tertiary/aromatic N) is 4. The number of methoxy groups -OCH3 is 1. The molecule has 0 saturated heterocycles. The van der Waals surface area contributed by atoms with Crippen LogP contribution in [-0.4, -0.2) is 52.4 Å². The Hall–Kier alpha value is -3.50. The lowest BCUT2D eigenvalue weighted by molar-refractivity contribution is -0.113. The zero-order valence-corrected chi connectivity index (χ0v) is 21.0. The third-order valence-electron chi connectivity index (χ3n) is 5.11. The molecule has 184 valence electrons. The average Bonchev–Trinajstić information content (AvgIpc) is 2.84. The number of aromatic nitrogens is 3. The highest BCUT2D eigenvalue weighted by atomic mass is 32.2. The standard InChI is InChI=1S/C25H28N4O5S/c1-5-34-25(32)19-16-18-22(27-21-17(2)10-8-12-29(21)24(18)31)28(13-9-14-33-3)23(19)26-20(30)11-6-7-15-35-4/h6-8,10-12,15-16H,5,9,13-14H2,1-4H3. The summed E-state index contributed by atoms with van der Waals surface area (Å²) in [6.07, 6.45) is 8.67. The zero-order chi connectivity index (χ0) is 25.4. The van der Waals surface area contributed by atoms with Crippen molar-refractivity contribution in [1.82, 2.24) is 14.0 Å². The minimum atomic E-state index is -0.679. The van der Waals surface area contributed by atoms with E-state index in [2.05, 4.69) is 4.99 Å². The molecule has 0 saturated carbocycles. The topological polar surface area (TPSA) is 104 Å². The third-order valence-corrected chi connectivity index (χ3v) is 5.54. The number of amides is 1. The third kappa shape index (κ3) is 5.95. The number of pyridine rings is 2. The molecular weight excluding hydrogens is 468 g/mol. The van der Waals surface area contributed by atoms with Crippen LogP contribution in [0.2, 0.25) is 0 Å². The maximum atomic E-state index is 13.4. The Morgan fingerprint density at radius 2 is 2.06 bits per heavy atom. The lowest BCUT2D eigenvalue weighted by Crippen LogP contribution is -2.33. The molecule has 3 aromatic rings. The molecule has 0 radical (unpaired) electrons. The smallest absolute Gasteiger partial charge is 0.341 e. The normalized spacial score (nSPS) is 12.4. The Morgan fingerprint density at radius 1 is 1.26 bits per heavy atom. The molecule has 0 fully saturated rings. The van der Waals surface area contributed by atoms with Gasteiger partial charge in [0, 0.05) is 32.5 Å². The average molecular weight is 497 g/mol. The number of rotatable bonds is 9. The second kappa shape index (κ2) is 12.3. The first-order chi connectivity index (χ1) is 16.9. The van der Waals surface area contributed by atoms with Crippen molar-refractivity contribution in [1.29, 1.82) is 0 Å². The number of carbonyl (C=O) groups is 2. The van der Waals surface area contributed by atoms with Gasteiger partial charge in [-0.2, -0.15) is 4.99 Å². The molecule has 0 spiro atoms. The molecular formula is C25H28N4O5S. The fourth-order valence-corrected chi connectivity index (χ4v) is 3.80. The van der Waals surface area contributed by atoms with Crippen molar-refractivity contribution in [2.24, 2.45) is 4.99 Å². The van der Waals surface area contributed by atoms with Crippen LogP contribution in [-0.2, 0) is 20.8 Å². The van der Waals surface area contributed by atoms with Crippen molar-refractivity contribution in [3.05, 3.63) is 75.0 Å². The Morgan fingerprint density at radius 3 is 2.77 bits per heavy atom. The lowest BCUT2D eigenvalue weighted by atomic mass is 10.2. The number of hydrogen-bond donors (Lipinski definition) is 0. The van der Waals surface area contributed by atoms with Gasteiger partial charge >= 0.3 is 5.97 Å². The van der Waals surface area contributed by atoms with Gasteiger partial charge in [0.2, 0.25) is 0 Å². The highest BCUT2D eigenvalue weighted by Crippen LogP contribution is 2.14. The number of aryl methyl sites for hydroxylation is 2. The van der Waals surface area contributed by atoms with Crippen molar-refractivity contribution in [3.8, 4) is 0 Å². The number of carbonyl (C=O) groups excluding carboxylic acids is 2. The van der Waals surface area contributed by atoms with Crippen LogP contribution in [0.25, 0.3) is 16.7 Å². The monoisotopic (exact) mass is 496 g/mol. The van der Waals surface area contributed by atoms with Gasteiger partial charge in [-0.3, -0.25) is 14.0 Å².